The summed E-state index contributed by atoms with van der Waals surface area (Å²) in [7, 11) is 0. The van der Waals surface area contributed by atoms with E-state index in [1.54, 1.807) is 0 Å². The van der Waals surface area contributed by atoms with Gasteiger partial charge in [-0.25, -0.2) is 0 Å². The van der Waals surface area contributed by atoms with E-state index in [-0.39, 0.29) is 0 Å². The van der Waals surface area contributed by atoms with Crippen LogP contribution >= 0.6 is 0 Å². The van der Waals surface area contributed by atoms with E-state index in [4.69, 9.17) is 10.00 Å². The Morgan fingerprint density at radius 1 is 1.16 bits per heavy atom. The molecule has 0 unspecified atom stereocenters. The Hall–Kier alpha value is -2.21. The SMILES string of the molecule is Cc1ccc(OCCn2c(C)cc(C)c2C#N)cc1. The Labute approximate surface area is 114 Å². The van der Waals surface area contributed by atoms with Crippen LogP contribution in [0.25, 0.3) is 0 Å². The second kappa shape index (κ2) is 5.62. The molecule has 0 bridgehead atoms. The third-order valence-corrected chi connectivity index (χ3v) is 3.21. The molecule has 0 aliphatic carbocycles. The van der Waals surface area contributed by atoms with E-state index >= 15 is 0 Å². The zero-order valence-electron chi connectivity index (χ0n) is 11.6. The van der Waals surface area contributed by atoms with Gasteiger partial charge < -0.3 is 9.30 Å². The average Bonchev–Trinajstić information content (AvgIpc) is 2.66. The molecule has 98 valence electrons. The van der Waals surface area contributed by atoms with Gasteiger partial charge in [0.2, 0.25) is 0 Å². The lowest BCUT2D eigenvalue weighted by atomic mass is 10.2. The van der Waals surface area contributed by atoms with Gasteiger partial charge in [-0.1, -0.05) is 17.7 Å². The number of hydrogen-bond donors (Lipinski definition) is 0. The van der Waals surface area contributed by atoms with Crippen LogP contribution in [0, 0.1) is 32.1 Å². The Bertz CT molecular complexity index is 603. The molecule has 1 aromatic carbocycles. The fourth-order valence-corrected chi connectivity index (χ4v) is 2.17. The molecule has 0 aliphatic rings. The zero-order chi connectivity index (χ0) is 13.8. The van der Waals surface area contributed by atoms with Crippen LogP contribution in [0.15, 0.2) is 30.3 Å². The first-order chi connectivity index (χ1) is 9.11. The van der Waals surface area contributed by atoms with E-state index in [0.29, 0.717) is 13.2 Å². The molecule has 2 rings (SSSR count). The lowest BCUT2D eigenvalue weighted by Crippen LogP contribution is -2.11. The molecule has 0 aliphatic heterocycles. The van der Waals surface area contributed by atoms with E-state index in [0.717, 1.165) is 22.7 Å². The third kappa shape index (κ3) is 2.97. The van der Waals surface area contributed by atoms with Crippen LogP contribution in [0.5, 0.6) is 5.75 Å². The number of benzene rings is 1. The lowest BCUT2D eigenvalue weighted by molar-refractivity contribution is 0.297. The van der Waals surface area contributed by atoms with E-state index in [9.17, 15) is 0 Å². The van der Waals surface area contributed by atoms with E-state index in [1.807, 2.05) is 48.7 Å². The molecule has 1 aromatic heterocycles. The van der Waals surface area contributed by atoms with Crippen LogP contribution in [0.2, 0.25) is 0 Å². The molecule has 0 saturated heterocycles. The molecule has 0 radical (unpaired) electrons. The monoisotopic (exact) mass is 254 g/mol. The average molecular weight is 254 g/mol. The Morgan fingerprint density at radius 3 is 2.47 bits per heavy atom. The highest BCUT2D eigenvalue weighted by Gasteiger charge is 2.08. The highest BCUT2D eigenvalue weighted by molar-refractivity contribution is 5.35. The van der Waals surface area contributed by atoms with Crippen molar-refractivity contribution >= 4 is 0 Å². The first-order valence-electron chi connectivity index (χ1n) is 6.38. The van der Waals surface area contributed by atoms with E-state index < -0.39 is 0 Å². The van der Waals surface area contributed by atoms with Gasteiger partial charge in [0.15, 0.2) is 0 Å². The van der Waals surface area contributed by atoms with Gasteiger partial charge in [-0.05, 0) is 44.5 Å². The Balaban J connectivity index is 2.00. The van der Waals surface area contributed by atoms with E-state index in [2.05, 4.69) is 13.0 Å². The van der Waals surface area contributed by atoms with Gasteiger partial charge in [0, 0.05) is 5.69 Å². The summed E-state index contributed by atoms with van der Waals surface area (Å²) in [6.07, 6.45) is 0. The quantitative estimate of drug-likeness (QED) is 0.839. The highest BCUT2D eigenvalue weighted by atomic mass is 16.5. The smallest absolute Gasteiger partial charge is 0.123 e. The molecular weight excluding hydrogens is 236 g/mol. The minimum Gasteiger partial charge on any atom is -0.492 e. The maximum Gasteiger partial charge on any atom is 0.123 e. The molecule has 19 heavy (non-hydrogen) atoms. The number of nitriles is 1. The summed E-state index contributed by atoms with van der Waals surface area (Å²) < 4.78 is 7.70. The van der Waals surface area contributed by atoms with Gasteiger partial charge in [0.25, 0.3) is 0 Å². The van der Waals surface area contributed by atoms with Crippen LogP contribution in [0.4, 0.5) is 0 Å². The zero-order valence-corrected chi connectivity index (χ0v) is 11.6. The van der Waals surface area contributed by atoms with Gasteiger partial charge >= 0.3 is 0 Å². The molecule has 2 aromatic rings. The van der Waals surface area contributed by atoms with Crippen molar-refractivity contribution in [2.24, 2.45) is 0 Å². The minimum atomic E-state index is 0.562. The maximum atomic E-state index is 9.15. The number of aryl methyl sites for hydroxylation is 3. The molecular formula is C16H18N2O. The largest absolute Gasteiger partial charge is 0.492 e. The second-order valence-corrected chi connectivity index (χ2v) is 4.74. The maximum absolute atomic E-state index is 9.15. The lowest BCUT2D eigenvalue weighted by Gasteiger charge is -2.10. The molecule has 1 heterocycles. The van der Waals surface area contributed by atoms with Gasteiger partial charge in [-0.3, -0.25) is 0 Å². The summed E-state index contributed by atoms with van der Waals surface area (Å²) in [4.78, 5) is 0. The first-order valence-corrected chi connectivity index (χ1v) is 6.38. The third-order valence-electron chi connectivity index (χ3n) is 3.21. The molecule has 0 amide bonds. The van der Waals surface area contributed by atoms with Crippen molar-refractivity contribution in [2.75, 3.05) is 6.61 Å². The standard InChI is InChI=1S/C16H18N2O/c1-12-4-6-15(7-5-12)19-9-8-18-14(3)10-13(2)16(18)11-17/h4-7,10H,8-9H2,1-3H3. The number of aromatic nitrogens is 1. The van der Waals surface area contributed by atoms with Crippen molar-refractivity contribution in [3.8, 4) is 11.8 Å². The molecule has 3 heteroatoms. The summed E-state index contributed by atoms with van der Waals surface area (Å²) in [5.74, 6) is 0.866. The van der Waals surface area contributed by atoms with Crippen molar-refractivity contribution in [2.45, 2.75) is 27.3 Å². The molecule has 0 atom stereocenters. The Morgan fingerprint density at radius 2 is 1.84 bits per heavy atom. The molecule has 0 saturated carbocycles. The first kappa shape index (κ1) is 13.2. The van der Waals surface area contributed by atoms with Crippen molar-refractivity contribution in [3.63, 3.8) is 0 Å². The van der Waals surface area contributed by atoms with Gasteiger partial charge in [-0.15, -0.1) is 0 Å². The van der Waals surface area contributed by atoms with Gasteiger partial charge in [-0.2, -0.15) is 5.26 Å². The van der Waals surface area contributed by atoms with Crippen molar-refractivity contribution in [1.29, 1.82) is 5.26 Å². The topological polar surface area (TPSA) is 38.0 Å². The molecule has 0 N–H and O–H groups in total. The predicted octanol–water partition coefficient (Wildman–Crippen LogP) is 3.36. The van der Waals surface area contributed by atoms with Crippen LogP contribution in [0.3, 0.4) is 0 Å². The number of nitrogens with zero attached hydrogens (tertiary/aromatic N) is 2. The fraction of sp³-hybridized carbons (Fsp3) is 0.312. The number of ether oxygens (including phenoxy) is 1. The summed E-state index contributed by atoms with van der Waals surface area (Å²) >= 11 is 0. The molecule has 3 nitrogen and oxygen atoms in total. The summed E-state index contributed by atoms with van der Waals surface area (Å²) in [6, 6.07) is 12.3. The number of rotatable bonds is 4. The van der Waals surface area contributed by atoms with Gasteiger partial charge in [0.1, 0.15) is 24.1 Å². The second-order valence-electron chi connectivity index (χ2n) is 4.74. The van der Waals surface area contributed by atoms with Crippen LogP contribution in [0.1, 0.15) is 22.5 Å². The van der Waals surface area contributed by atoms with Crippen molar-refractivity contribution < 1.29 is 4.74 Å². The van der Waals surface area contributed by atoms with Gasteiger partial charge in [0.05, 0.1) is 6.54 Å². The Kier molecular flexibility index (Phi) is 3.91. The molecule has 0 spiro atoms. The highest BCUT2D eigenvalue weighted by Crippen LogP contribution is 2.15. The molecule has 0 fully saturated rings. The van der Waals surface area contributed by atoms with Crippen molar-refractivity contribution in [3.05, 3.63) is 52.8 Å². The predicted molar refractivity (Wildman–Crippen MR) is 75.3 cm³/mol. The summed E-state index contributed by atoms with van der Waals surface area (Å²) in [5, 5.41) is 9.15. The van der Waals surface area contributed by atoms with Crippen LogP contribution in [-0.4, -0.2) is 11.2 Å². The fourth-order valence-electron chi connectivity index (χ4n) is 2.17. The summed E-state index contributed by atoms with van der Waals surface area (Å²) in [5.41, 5.74) is 4.07. The van der Waals surface area contributed by atoms with Crippen molar-refractivity contribution in [1.82, 2.24) is 4.57 Å². The van der Waals surface area contributed by atoms with Crippen LogP contribution < -0.4 is 4.74 Å². The van der Waals surface area contributed by atoms with E-state index in [1.165, 1.54) is 5.56 Å². The van der Waals surface area contributed by atoms with Crippen LogP contribution in [-0.2, 0) is 6.54 Å². The normalized spacial score (nSPS) is 10.2. The minimum absolute atomic E-state index is 0.562. The summed E-state index contributed by atoms with van der Waals surface area (Å²) in [6.45, 7) is 7.28. The number of hydrogen-bond acceptors (Lipinski definition) is 2.